The van der Waals surface area contributed by atoms with Gasteiger partial charge in [0.25, 0.3) is 5.91 Å². The van der Waals surface area contributed by atoms with Gasteiger partial charge in [-0.25, -0.2) is 4.99 Å². The Morgan fingerprint density at radius 1 is 0.963 bits per heavy atom. The third-order valence-electron chi connectivity index (χ3n) is 4.10. The van der Waals surface area contributed by atoms with Gasteiger partial charge < -0.3 is 19.5 Å². The van der Waals surface area contributed by atoms with Gasteiger partial charge in [-0.2, -0.15) is 0 Å². The molecule has 2 aromatic rings. The molecule has 6 nitrogen and oxygen atoms in total. The Morgan fingerprint density at radius 2 is 1.63 bits per heavy atom. The Balaban J connectivity index is 1.89. The Morgan fingerprint density at radius 3 is 2.26 bits per heavy atom. The van der Waals surface area contributed by atoms with Gasteiger partial charge in [-0.3, -0.25) is 4.79 Å². The standard InChI is InChI=1S/C20H20N2O4S/c1-12(13-5-7-14(24-2)8-6-13)18-19(23)22-20(27-18)21-16-10-9-15(25-3)11-17(16)26-4/h5-11H,1-4H3,(H,21,22,23)/b18-12-. The number of amides is 1. The number of hydrogen-bond acceptors (Lipinski definition) is 6. The molecule has 1 fully saturated rings. The topological polar surface area (TPSA) is 69.2 Å². The lowest BCUT2D eigenvalue weighted by atomic mass is 10.1. The number of allylic oxidation sites excluding steroid dienone is 1. The van der Waals surface area contributed by atoms with Gasteiger partial charge in [0.1, 0.15) is 22.9 Å². The first-order valence-corrected chi connectivity index (χ1v) is 9.02. The molecular formula is C20H20N2O4S. The highest BCUT2D eigenvalue weighted by atomic mass is 32.2. The van der Waals surface area contributed by atoms with Crippen LogP contribution >= 0.6 is 11.8 Å². The number of thioether (sulfide) groups is 1. The molecule has 0 saturated carbocycles. The Bertz CT molecular complexity index is 920. The zero-order chi connectivity index (χ0) is 19.4. The molecule has 1 aliphatic rings. The summed E-state index contributed by atoms with van der Waals surface area (Å²) in [4.78, 5) is 17.6. The molecule has 0 spiro atoms. The molecule has 1 saturated heterocycles. The summed E-state index contributed by atoms with van der Waals surface area (Å²) in [5.74, 6) is 1.85. The number of aliphatic imine (C=N–C) groups is 1. The number of amidine groups is 1. The normalized spacial score (nSPS) is 16.9. The number of nitrogens with zero attached hydrogens (tertiary/aromatic N) is 1. The van der Waals surface area contributed by atoms with E-state index in [1.54, 1.807) is 39.5 Å². The summed E-state index contributed by atoms with van der Waals surface area (Å²) in [7, 11) is 4.78. The van der Waals surface area contributed by atoms with Crippen molar-refractivity contribution in [1.29, 1.82) is 0 Å². The Kier molecular flexibility index (Phi) is 5.71. The van der Waals surface area contributed by atoms with Crippen LogP contribution in [0, 0.1) is 0 Å². The number of nitrogens with one attached hydrogen (secondary N) is 1. The van der Waals surface area contributed by atoms with E-state index in [1.807, 2.05) is 31.2 Å². The lowest BCUT2D eigenvalue weighted by molar-refractivity contribution is -0.115. The summed E-state index contributed by atoms with van der Waals surface area (Å²) in [6, 6.07) is 12.9. The van der Waals surface area contributed by atoms with Gasteiger partial charge in [0, 0.05) is 6.07 Å². The van der Waals surface area contributed by atoms with Crippen LogP contribution in [0.2, 0.25) is 0 Å². The van der Waals surface area contributed by atoms with Gasteiger partial charge in [0.05, 0.1) is 26.2 Å². The van der Waals surface area contributed by atoms with Gasteiger partial charge in [0.2, 0.25) is 0 Å². The largest absolute Gasteiger partial charge is 0.497 e. The molecule has 7 heteroatoms. The summed E-state index contributed by atoms with van der Waals surface area (Å²) in [6.45, 7) is 1.92. The van der Waals surface area contributed by atoms with Crippen LogP contribution < -0.4 is 19.5 Å². The van der Waals surface area contributed by atoms with Gasteiger partial charge in [-0.05, 0) is 54.1 Å². The number of hydrogen-bond donors (Lipinski definition) is 1. The molecule has 0 atom stereocenters. The van der Waals surface area contributed by atoms with Crippen molar-refractivity contribution in [1.82, 2.24) is 5.32 Å². The quantitative estimate of drug-likeness (QED) is 0.790. The van der Waals surface area contributed by atoms with E-state index in [0.29, 0.717) is 27.3 Å². The van der Waals surface area contributed by atoms with Crippen molar-refractivity contribution in [2.45, 2.75) is 6.92 Å². The molecule has 3 rings (SSSR count). The van der Waals surface area contributed by atoms with Crippen molar-refractivity contribution in [3.05, 3.63) is 52.9 Å². The fourth-order valence-corrected chi connectivity index (χ4v) is 3.47. The second kappa shape index (κ2) is 8.18. The first kappa shape index (κ1) is 18.8. The van der Waals surface area contributed by atoms with Crippen LogP contribution in [-0.2, 0) is 4.79 Å². The predicted octanol–water partition coefficient (Wildman–Crippen LogP) is 3.99. The summed E-state index contributed by atoms with van der Waals surface area (Å²) in [6.07, 6.45) is 0. The van der Waals surface area contributed by atoms with Crippen molar-refractivity contribution in [3.63, 3.8) is 0 Å². The summed E-state index contributed by atoms with van der Waals surface area (Å²) < 4.78 is 15.7. The molecule has 2 aromatic carbocycles. The van der Waals surface area contributed by atoms with Crippen molar-refractivity contribution >= 4 is 34.1 Å². The van der Waals surface area contributed by atoms with Crippen molar-refractivity contribution in [2.75, 3.05) is 21.3 Å². The van der Waals surface area contributed by atoms with Gasteiger partial charge in [0.15, 0.2) is 5.17 Å². The van der Waals surface area contributed by atoms with Crippen molar-refractivity contribution in [2.24, 2.45) is 4.99 Å². The number of ether oxygens (including phenoxy) is 3. The van der Waals surface area contributed by atoms with E-state index in [-0.39, 0.29) is 5.91 Å². The van der Waals surface area contributed by atoms with Crippen LogP contribution in [0.15, 0.2) is 52.4 Å². The third-order valence-corrected chi connectivity index (χ3v) is 5.18. The van der Waals surface area contributed by atoms with E-state index in [1.165, 1.54) is 11.8 Å². The Hall–Kier alpha value is -2.93. The molecule has 0 radical (unpaired) electrons. The van der Waals surface area contributed by atoms with Crippen LogP contribution in [0.5, 0.6) is 17.2 Å². The van der Waals surface area contributed by atoms with Crippen LogP contribution in [-0.4, -0.2) is 32.4 Å². The number of methoxy groups -OCH3 is 3. The van der Waals surface area contributed by atoms with Crippen LogP contribution in [0.4, 0.5) is 5.69 Å². The second-order valence-corrected chi connectivity index (χ2v) is 6.69. The second-order valence-electron chi connectivity index (χ2n) is 5.69. The van der Waals surface area contributed by atoms with E-state index in [0.717, 1.165) is 16.9 Å². The monoisotopic (exact) mass is 384 g/mol. The minimum Gasteiger partial charge on any atom is -0.497 e. The van der Waals surface area contributed by atoms with E-state index < -0.39 is 0 Å². The van der Waals surface area contributed by atoms with Crippen molar-refractivity contribution < 1.29 is 19.0 Å². The minimum atomic E-state index is -0.167. The van der Waals surface area contributed by atoms with Gasteiger partial charge in [-0.1, -0.05) is 12.1 Å². The van der Waals surface area contributed by atoms with E-state index in [9.17, 15) is 4.79 Å². The fourth-order valence-electron chi connectivity index (χ4n) is 2.58. The highest BCUT2D eigenvalue weighted by molar-refractivity contribution is 8.18. The minimum absolute atomic E-state index is 0.167. The number of benzene rings is 2. The molecule has 140 valence electrons. The highest BCUT2D eigenvalue weighted by Gasteiger charge is 2.26. The van der Waals surface area contributed by atoms with Gasteiger partial charge in [-0.15, -0.1) is 0 Å². The lowest BCUT2D eigenvalue weighted by Gasteiger charge is -2.07. The van der Waals surface area contributed by atoms with Crippen LogP contribution in [0.25, 0.3) is 5.57 Å². The zero-order valence-electron chi connectivity index (χ0n) is 15.5. The number of rotatable bonds is 5. The fraction of sp³-hybridized carbons (Fsp3) is 0.200. The Labute approximate surface area is 162 Å². The molecule has 0 aromatic heterocycles. The number of carbonyl (C=O) groups excluding carboxylic acids is 1. The van der Waals surface area contributed by atoms with Gasteiger partial charge >= 0.3 is 0 Å². The highest BCUT2D eigenvalue weighted by Crippen LogP contribution is 2.36. The summed E-state index contributed by atoms with van der Waals surface area (Å²) in [5.41, 5.74) is 2.45. The molecule has 1 N–H and O–H groups in total. The van der Waals surface area contributed by atoms with E-state index in [2.05, 4.69) is 10.3 Å². The smallest absolute Gasteiger partial charge is 0.264 e. The predicted molar refractivity (Wildman–Crippen MR) is 108 cm³/mol. The molecular weight excluding hydrogens is 364 g/mol. The first-order chi connectivity index (χ1) is 13.0. The molecule has 27 heavy (non-hydrogen) atoms. The summed E-state index contributed by atoms with van der Waals surface area (Å²) in [5, 5.41) is 3.32. The third kappa shape index (κ3) is 4.09. The SMILES string of the molecule is COc1ccc(/C(C)=C2\SC(=Nc3ccc(OC)cc3OC)NC2=O)cc1. The molecule has 0 unspecified atom stereocenters. The van der Waals surface area contributed by atoms with E-state index in [4.69, 9.17) is 14.2 Å². The molecule has 0 aliphatic carbocycles. The molecule has 0 bridgehead atoms. The maximum Gasteiger partial charge on any atom is 0.264 e. The average molecular weight is 384 g/mol. The molecule has 1 amide bonds. The summed E-state index contributed by atoms with van der Waals surface area (Å²) >= 11 is 1.31. The molecule has 1 aliphatic heterocycles. The zero-order valence-corrected chi connectivity index (χ0v) is 16.3. The van der Waals surface area contributed by atoms with E-state index >= 15 is 0 Å². The number of carbonyl (C=O) groups is 1. The lowest BCUT2D eigenvalue weighted by Crippen LogP contribution is -2.19. The van der Waals surface area contributed by atoms with Crippen molar-refractivity contribution in [3.8, 4) is 17.2 Å². The first-order valence-electron chi connectivity index (χ1n) is 8.21. The van der Waals surface area contributed by atoms with Crippen LogP contribution in [0.3, 0.4) is 0 Å². The maximum atomic E-state index is 12.4. The maximum absolute atomic E-state index is 12.4. The van der Waals surface area contributed by atoms with Crippen LogP contribution in [0.1, 0.15) is 12.5 Å². The average Bonchev–Trinajstić information content (AvgIpc) is 3.07. The molecule has 1 heterocycles.